The van der Waals surface area contributed by atoms with E-state index in [0.29, 0.717) is 89.7 Å². The van der Waals surface area contributed by atoms with Crippen molar-refractivity contribution in [2.45, 2.75) is 110 Å². The first-order chi connectivity index (χ1) is 45.7. The number of esters is 1. The van der Waals surface area contributed by atoms with Crippen LogP contribution in [-0.2, 0) is 65.3 Å². The smallest absolute Gasteiger partial charge is 0.387 e. The second kappa shape index (κ2) is 29.3. The average Bonchev–Trinajstić information content (AvgIpc) is 1.66. The van der Waals surface area contributed by atoms with Gasteiger partial charge in [-0.05, 0) is 89.1 Å². The van der Waals surface area contributed by atoms with E-state index in [9.17, 15) is 46.6 Å². The SMILES string of the molecule is COC(=O)[C@@H]1COC(C)(C)O1.C[C@@H]1CN(c2ncc(-c3ccc4c(=O)n(C)n(Cc5ccccc5OC(F)F)c4c3)cn2)CCN1C(=O)[C@@H](O)CO.C[C@@H]1CN(c2ncc(-c3ccc4c(=O)n(C)n(Cc5ccccc5OC(F)F)c4c3)cn2)CCN1C(=O)[C@@H]1COC(C)(C)O1. The molecule has 4 aliphatic heterocycles. The number of methoxy groups -OCH3 is 1. The van der Waals surface area contributed by atoms with Gasteiger partial charge in [-0.2, -0.15) is 17.6 Å². The Bertz CT molecular complexity index is 4200. The molecule has 512 valence electrons. The van der Waals surface area contributed by atoms with Gasteiger partial charge >= 0.3 is 19.2 Å². The van der Waals surface area contributed by atoms with Crippen molar-refractivity contribution in [1.82, 2.24) is 48.5 Å². The molecular formula is C66H76F4N12O14. The lowest BCUT2D eigenvalue weighted by Gasteiger charge is -2.40. The van der Waals surface area contributed by atoms with Crippen molar-refractivity contribution >= 4 is 51.5 Å². The number of amides is 2. The van der Waals surface area contributed by atoms with E-state index in [1.165, 1.54) is 28.6 Å². The highest BCUT2D eigenvalue weighted by atomic mass is 19.3. The van der Waals surface area contributed by atoms with Crippen molar-refractivity contribution < 1.29 is 75.3 Å². The van der Waals surface area contributed by atoms with Gasteiger partial charge in [-0.25, -0.2) is 24.7 Å². The van der Waals surface area contributed by atoms with Crippen molar-refractivity contribution in [3.05, 3.63) is 142 Å². The summed E-state index contributed by atoms with van der Waals surface area (Å²) in [5.74, 6) is -1.22. The summed E-state index contributed by atoms with van der Waals surface area (Å²) in [5.41, 5.74) is 4.88. The molecule has 0 spiro atoms. The summed E-state index contributed by atoms with van der Waals surface area (Å²) in [7, 11) is 4.59. The summed E-state index contributed by atoms with van der Waals surface area (Å²) in [6.45, 7) is 8.17. The molecule has 4 aliphatic rings. The van der Waals surface area contributed by atoms with E-state index in [-0.39, 0.29) is 72.9 Å². The fourth-order valence-corrected chi connectivity index (χ4v) is 11.9. The van der Waals surface area contributed by atoms with Gasteiger partial charge in [0.25, 0.3) is 22.9 Å². The molecule has 0 aliphatic carbocycles. The molecule has 8 aromatic rings. The molecule has 0 unspecified atom stereocenters. The topological polar surface area (TPSA) is 275 Å². The molecule has 2 amide bonds. The summed E-state index contributed by atoms with van der Waals surface area (Å²) in [5, 5.41) is 19.8. The largest absolute Gasteiger partial charge is 0.467 e. The van der Waals surface area contributed by atoms with Crippen molar-refractivity contribution in [3.8, 4) is 33.8 Å². The number of carbonyl (C=O) groups excluding carboxylic acids is 3. The molecule has 0 bridgehead atoms. The third-order valence-corrected chi connectivity index (χ3v) is 16.9. The first kappa shape index (κ1) is 69.5. The normalized spacial score (nSPS) is 19.5. The molecule has 96 heavy (non-hydrogen) atoms. The van der Waals surface area contributed by atoms with Crippen LogP contribution in [0.3, 0.4) is 0 Å². The van der Waals surface area contributed by atoms with Crippen LogP contribution in [0.15, 0.2) is 119 Å². The summed E-state index contributed by atoms with van der Waals surface area (Å²) >= 11 is 0. The minimum absolute atomic E-state index is 0.0426. The maximum absolute atomic E-state index is 13.1. The number of para-hydroxylation sites is 2. The molecule has 8 heterocycles. The lowest BCUT2D eigenvalue weighted by atomic mass is 10.1. The number of aromatic nitrogens is 8. The third kappa shape index (κ3) is 15.6. The van der Waals surface area contributed by atoms with E-state index in [2.05, 4.69) is 29.4 Å². The number of fused-ring (bicyclic) bond motifs is 2. The number of piperazine rings is 2. The molecule has 2 N–H and O–H groups in total. The van der Waals surface area contributed by atoms with E-state index >= 15 is 0 Å². The Morgan fingerprint density at radius 1 is 0.604 bits per heavy atom. The Labute approximate surface area is 548 Å². The van der Waals surface area contributed by atoms with Crippen LogP contribution in [0.2, 0.25) is 0 Å². The molecule has 0 saturated carbocycles. The van der Waals surface area contributed by atoms with Crippen LogP contribution in [0.5, 0.6) is 11.5 Å². The first-order valence-electron chi connectivity index (χ1n) is 30.9. The van der Waals surface area contributed by atoms with Crippen molar-refractivity contribution in [3.63, 3.8) is 0 Å². The zero-order chi connectivity index (χ0) is 68.9. The molecule has 4 aromatic heterocycles. The number of alkyl halides is 4. The number of aliphatic hydroxyl groups is 2. The van der Waals surface area contributed by atoms with Gasteiger partial charge in [-0.3, -0.25) is 37.9 Å². The van der Waals surface area contributed by atoms with Crippen molar-refractivity contribution in [2.24, 2.45) is 14.1 Å². The van der Waals surface area contributed by atoms with E-state index in [1.54, 1.807) is 135 Å². The van der Waals surface area contributed by atoms with E-state index in [0.717, 1.165) is 16.7 Å². The molecule has 0 radical (unpaired) electrons. The van der Waals surface area contributed by atoms with Crippen LogP contribution >= 0.6 is 0 Å². The van der Waals surface area contributed by atoms with Gasteiger partial charge in [-0.1, -0.05) is 48.5 Å². The summed E-state index contributed by atoms with van der Waals surface area (Å²) in [4.78, 5) is 87.8. The quantitative estimate of drug-likeness (QED) is 0.0856. The highest BCUT2D eigenvalue weighted by Crippen LogP contribution is 2.31. The molecule has 4 fully saturated rings. The first-order valence-corrected chi connectivity index (χ1v) is 30.9. The van der Waals surface area contributed by atoms with E-state index in [1.807, 2.05) is 46.7 Å². The Morgan fingerprint density at radius 2 is 1.02 bits per heavy atom. The number of halogens is 4. The second-order valence-corrected chi connectivity index (χ2v) is 24.3. The molecule has 4 aromatic carbocycles. The number of benzene rings is 4. The minimum Gasteiger partial charge on any atom is -0.467 e. The Balaban J connectivity index is 0.000000180. The van der Waals surface area contributed by atoms with Gasteiger partial charge in [0.15, 0.2) is 29.9 Å². The van der Waals surface area contributed by atoms with E-state index < -0.39 is 55.6 Å². The van der Waals surface area contributed by atoms with Crippen molar-refractivity contribution in [2.75, 3.05) is 76.0 Å². The molecule has 12 rings (SSSR count). The Morgan fingerprint density at radius 3 is 1.41 bits per heavy atom. The molecular weight excluding hydrogens is 1260 g/mol. The summed E-state index contributed by atoms with van der Waals surface area (Å²) < 4.78 is 93.8. The van der Waals surface area contributed by atoms with Crippen LogP contribution < -0.4 is 30.4 Å². The van der Waals surface area contributed by atoms with Gasteiger partial charge in [0.1, 0.15) is 11.5 Å². The van der Waals surface area contributed by atoms with Crippen LogP contribution in [0.4, 0.5) is 29.5 Å². The molecule has 4 saturated heterocycles. The van der Waals surface area contributed by atoms with Gasteiger partial charge in [-0.15, -0.1) is 0 Å². The Hall–Kier alpha value is -9.33. The maximum atomic E-state index is 13.1. The van der Waals surface area contributed by atoms with E-state index in [4.69, 9.17) is 28.8 Å². The fourth-order valence-electron chi connectivity index (χ4n) is 11.9. The zero-order valence-corrected chi connectivity index (χ0v) is 54.4. The third-order valence-electron chi connectivity index (χ3n) is 16.9. The van der Waals surface area contributed by atoms with Crippen LogP contribution in [0.1, 0.15) is 52.7 Å². The number of aliphatic hydroxyl groups excluding tert-OH is 2. The fraction of sp³-hybridized carbons (Fsp3) is 0.439. The minimum atomic E-state index is -2.97. The van der Waals surface area contributed by atoms with Gasteiger partial charge in [0.2, 0.25) is 11.9 Å². The van der Waals surface area contributed by atoms with Crippen molar-refractivity contribution in [1.29, 1.82) is 0 Å². The predicted molar refractivity (Wildman–Crippen MR) is 342 cm³/mol. The molecule has 5 atom stereocenters. The average molecular weight is 1340 g/mol. The van der Waals surface area contributed by atoms with Gasteiger partial charge in [0.05, 0.1) is 61.8 Å². The maximum Gasteiger partial charge on any atom is 0.387 e. The second-order valence-electron chi connectivity index (χ2n) is 24.3. The van der Waals surface area contributed by atoms with Gasteiger partial charge in [0, 0.05) is 112 Å². The molecule has 26 nitrogen and oxygen atoms in total. The number of ether oxygens (including phenoxy) is 7. The van der Waals surface area contributed by atoms with Crippen LogP contribution in [-0.4, -0.2) is 198 Å². The molecule has 30 heteroatoms. The lowest BCUT2D eigenvalue weighted by molar-refractivity contribution is -0.167. The highest BCUT2D eigenvalue weighted by Gasteiger charge is 2.42. The van der Waals surface area contributed by atoms with Crippen LogP contribution in [0.25, 0.3) is 44.1 Å². The number of anilines is 2. The summed E-state index contributed by atoms with van der Waals surface area (Å²) in [6, 6.07) is 23.5. The highest BCUT2D eigenvalue weighted by molar-refractivity contribution is 5.86. The zero-order valence-electron chi connectivity index (χ0n) is 54.4. The monoisotopic (exact) mass is 1340 g/mol. The number of carbonyl (C=O) groups is 3. The standard InChI is InChI=1S/C31H34F2N6O5.C28H30F2N6O5.C7H12O4/c1-19-16-37(11-12-38(19)28(41)26-18-42-31(2,3)44-26)30-34-14-22(15-35-30)20-9-10-23-24(13-20)39(36(4)27(23)40)17-21-7-5-6-8-25(21)43-29(32)33;1-17-14-34(9-10-35(17)26(40)23(38)16-37)28-31-12-20(13-32-28)18-7-8-21-22(11-18)36(33(2)25(21)39)15-19-5-3-4-6-24(19)41-27(29)30;1-7(2)10-4-5(11-7)6(8)9-3/h5-10,13-15,19,26,29H,11-12,16-18H2,1-4H3;3-8,11-13,17,23,27,37-38H,9-10,14-16H2,1-2H3;5H,4H2,1-3H3/t19-,26+;17-,23+;5-/m110/s1. The summed E-state index contributed by atoms with van der Waals surface area (Å²) in [6.07, 6.45) is 4.22. The predicted octanol–water partition coefficient (Wildman–Crippen LogP) is 5.78. The number of hydrogen-bond donors (Lipinski definition) is 2. The Kier molecular flexibility index (Phi) is 21.2. The van der Waals surface area contributed by atoms with Gasteiger partial charge < -0.3 is 63.0 Å². The lowest BCUT2D eigenvalue weighted by Crippen LogP contribution is -2.57. The number of hydrogen-bond acceptors (Lipinski definition) is 20. The van der Waals surface area contributed by atoms with Crippen LogP contribution in [0, 0.1) is 0 Å². The number of nitrogens with zero attached hydrogens (tertiary/aromatic N) is 12. The number of rotatable bonds is 16.